The predicted octanol–water partition coefficient (Wildman–Crippen LogP) is 3.22. The number of amidine groups is 2. The molecule has 1 aromatic carbocycles. The van der Waals surface area contributed by atoms with Crippen LogP contribution in [-0.4, -0.2) is 21.6 Å². The number of hydrogen-bond acceptors (Lipinski definition) is 4. The number of aromatic nitrogens is 2. The van der Waals surface area contributed by atoms with Crippen LogP contribution in [0.5, 0.6) is 0 Å². The molecule has 0 aliphatic carbocycles. The summed E-state index contributed by atoms with van der Waals surface area (Å²) in [6.45, 7) is 0. The number of halogens is 2. The van der Waals surface area contributed by atoms with E-state index in [0.717, 1.165) is 22.5 Å². The quantitative estimate of drug-likeness (QED) is 0.404. The minimum Gasteiger partial charge on any atom is -0.384 e. The number of nitrogen functional groups attached to an aromatic ring is 2. The molecule has 0 spiro atoms. The van der Waals surface area contributed by atoms with Crippen molar-refractivity contribution in [2.45, 2.75) is 0 Å². The van der Waals surface area contributed by atoms with Gasteiger partial charge in [-0.25, -0.2) is 0 Å². The van der Waals surface area contributed by atoms with Crippen LogP contribution in [-0.2, 0) is 0 Å². The number of hydrogen-bond donors (Lipinski definition) is 4. The highest BCUT2D eigenvalue weighted by Crippen LogP contribution is 2.25. The lowest BCUT2D eigenvalue weighted by molar-refractivity contribution is 1.29. The van der Waals surface area contributed by atoms with E-state index in [9.17, 15) is 0 Å². The first-order chi connectivity index (χ1) is 11.5. The van der Waals surface area contributed by atoms with Crippen LogP contribution in [0.2, 0.25) is 0 Å². The van der Waals surface area contributed by atoms with Gasteiger partial charge in [0.1, 0.15) is 11.7 Å². The standard InChI is InChI=1S/C18H16N6.2ClH/c19-17(20)13-4-6-23-15(9-13)11-2-1-3-12(8-11)16-10-14(18(21)22)5-7-24-16;;/h1-10H,(H3,19,20)(H3,21,22);2*1H. The van der Waals surface area contributed by atoms with Gasteiger partial charge in [0.25, 0.3) is 0 Å². The molecule has 0 saturated heterocycles. The third-order valence-corrected chi connectivity index (χ3v) is 3.60. The molecule has 6 N–H and O–H groups in total. The molecule has 0 aliphatic heterocycles. The van der Waals surface area contributed by atoms with Gasteiger partial charge in [-0.15, -0.1) is 24.8 Å². The van der Waals surface area contributed by atoms with E-state index in [1.165, 1.54) is 0 Å². The average Bonchev–Trinajstić information content (AvgIpc) is 2.62. The highest BCUT2D eigenvalue weighted by atomic mass is 35.5. The Morgan fingerprint density at radius 2 is 1.12 bits per heavy atom. The molecule has 0 saturated carbocycles. The minimum absolute atomic E-state index is 0. The highest BCUT2D eigenvalue weighted by molar-refractivity contribution is 5.96. The fourth-order valence-electron chi connectivity index (χ4n) is 2.35. The van der Waals surface area contributed by atoms with Crippen LogP contribution in [0.1, 0.15) is 11.1 Å². The van der Waals surface area contributed by atoms with E-state index in [4.69, 9.17) is 22.3 Å². The highest BCUT2D eigenvalue weighted by Gasteiger charge is 2.07. The number of rotatable bonds is 4. The van der Waals surface area contributed by atoms with E-state index < -0.39 is 0 Å². The second-order valence-corrected chi connectivity index (χ2v) is 5.27. The van der Waals surface area contributed by atoms with Crippen LogP contribution in [0.15, 0.2) is 60.9 Å². The summed E-state index contributed by atoms with van der Waals surface area (Å²) in [4.78, 5) is 8.69. The summed E-state index contributed by atoms with van der Waals surface area (Å²) in [5.74, 6) is 0.0104. The molecule has 0 aliphatic rings. The van der Waals surface area contributed by atoms with Gasteiger partial charge in [0.15, 0.2) is 0 Å². The molecular formula is C18H18Cl2N6. The lowest BCUT2D eigenvalue weighted by Crippen LogP contribution is -2.11. The molecule has 0 atom stereocenters. The van der Waals surface area contributed by atoms with Crippen molar-refractivity contribution < 1.29 is 0 Å². The Morgan fingerprint density at radius 1 is 0.692 bits per heavy atom. The van der Waals surface area contributed by atoms with Gasteiger partial charge in [-0.3, -0.25) is 20.8 Å². The van der Waals surface area contributed by atoms with Gasteiger partial charge < -0.3 is 11.5 Å². The summed E-state index contributed by atoms with van der Waals surface area (Å²) >= 11 is 0. The predicted molar refractivity (Wildman–Crippen MR) is 109 cm³/mol. The molecule has 0 unspecified atom stereocenters. The lowest BCUT2D eigenvalue weighted by Gasteiger charge is -2.07. The molecule has 8 heteroatoms. The van der Waals surface area contributed by atoms with Crippen molar-refractivity contribution in [3.63, 3.8) is 0 Å². The fourth-order valence-corrected chi connectivity index (χ4v) is 2.35. The topological polar surface area (TPSA) is 126 Å². The Labute approximate surface area is 163 Å². The molecule has 134 valence electrons. The summed E-state index contributed by atoms with van der Waals surface area (Å²) < 4.78 is 0. The Bertz CT molecular complexity index is 869. The normalized spacial score (nSPS) is 9.54. The maximum Gasteiger partial charge on any atom is 0.122 e. The van der Waals surface area contributed by atoms with Crippen molar-refractivity contribution in [3.05, 3.63) is 72.1 Å². The summed E-state index contributed by atoms with van der Waals surface area (Å²) in [5.41, 5.74) is 15.6. The smallest absolute Gasteiger partial charge is 0.122 e. The van der Waals surface area contributed by atoms with Gasteiger partial charge in [0.05, 0.1) is 11.4 Å². The van der Waals surface area contributed by atoms with E-state index in [1.54, 1.807) is 36.7 Å². The van der Waals surface area contributed by atoms with E-state index >= 15 is 0 Å². The zero-order valence-electron chi connectivity index (χ0n) is 13.6. The maximum atomic E-state index is 7.54. The second-order valence-electron chi connectivity index (χ2n) is 5.27. The number of pyridine rings is 2. The van der Waals surface area contributed by atoms with Crippen LogP contribution in [0.3, 0.4) is 0 Å². The minimum atomic E-state index is 0. The summed E-state index contributed by atoms with van der Waals surface area (Å²) in [7, 11) is 0. The average molecular weight is 389 g/mol. The molecule has 2 aromatic heterocycles. The fraction of sp³-hybridized carbons (Fsp3) is 0. The molecule has 0 radical (unpaired) electrons. The molecule has 3 aromatic rings. The van der Waals surface area contributed by atoms with E-state index in [0.29, 0.717) is 11.1 Å². The first-order valence-electron chi connectivity index (χ1n) is 7.26. The maximum absolute atomic E-state index is 7.54. The van der Waals surface area contributed by atoms with E-state index in [1.807, 2.05) is 24.3 Å². The molecule has 3 rings (SSSR count). The van der Waals surface area contributed by atoms with Crippen molar-refractivity contribution >= 4 is 36.5 Å². The van der Waals surface area contributed by atoms with Crippen LogP contribution in [0, 0.1) is 10.8 Å². The van der Waals surface area contributed by atoms with Gasteiger partial charge in [-0.1, -0.05) is 18.2 Å². The lowest BCUT2D eigenvalue weighted by atomic mass is 10.0. The SMILES string of the molecule is Cl.Cl.N=C(N)c1ccnc(-c2cccc(-c3cc(C(=N)N)ccn3)c2)c1. The van der Waals surface area contributed by atoms with Crippen LogP contribution in [0.25, 0.3) is 22.5 Å². The van der Waals surface area contributed by atoms with Gasteiger partial charge in [0, 0.05) is 34.6 Å². The molecule has 2 heterocycles. The van der Waals surface area contributed by atoms with Crippen molar-refractivity contribution in [1.29, 1.82) is 10.8 Å². The number of nitrogens with two attached hydrogens (primary N) is 2. The van der Waals surface area contributed by atoms with Gasteiger partial charge in [-0.05, 0) is 30.3 Å². The zero-order valence-corrected chi connectivity index (χ0v) is 15.3. The van der Waals surface area contributed by atoms with Crippen LogP contribution in [0.4, 0.5) is 0 Å². The van der Waals surface area contributed by atoms with Crippen molar-refractivity contribution in [2.24, 2.45) is 11.5 Å². The van der Waals surface area contributed by atoms with Crippen LogP contribution < -0.4 is 11.5 Å². The number of nitrogens with one attached hydrogen (secondary N) is 2. The van der Waals surface area contributed by atoms with Gasteiger partial charge in [-0.2, -0.15) is 0 Å². The van der Waals surface area contributed by atoms with Crippen molar-refractivity contribution in [3.8, 4) is 22.5 Å². The number of nitrogens with zero attached hydrogens (tertiary/aromatic N) is 2. The van der Waals surface area contributed by atoms with Gasteiger partial charge >= 0.3 is 0 Å². The summed E-state index contributed by atoms with van der Waals surface area (Å²) in [6.07, 6.45) is 3.26. The van der Waals surface area contributed by atoms with Gasteiger partial charge in [0.2, 0.25) is 0 Å². The Balaban J connectivity index is 0.00000169. The first-order valence-corrected chi connectivity index (χ1v) is 7.26. The Hall–Kier alpha value is -2.96. The van der Waals surface area contributed by atoms with Crippen molar-refractivity contribution in [1.82, 2.24) is 9.97 Å². The van der Waals surface area contributed by atoms with E-state index in [-0.39, 0.29) is 36.5 Å². The zero-order chi connectivity index (χ0) is 17.1. The largest absolute Gasteiger partial charge is 0.384 e. The second kappa shape index (κ2) is 8.94. The molecule has 0 fully saturated rings. The monoisotopic (exact) mass is 388 g/mol. The number of benzene rings is 1. The molecule has 0 bridgehead atoms. The van der Waals surface area contributed by atoms with Crippen molar-refractivity contribution in [2.75, 3.05) is 0 Å². The molecule has 6 nitrogen and oxygen atoms in total. The molecule has 26 heavy (non-hydrogen) atoms. The molecular weight excluding hydrogens is 371 g/mol. The van der Waals surface area contributed by atoms with Crippen LogP contribution >= 0.6 is 24.8 Å². The molecule has 0 amide bonds. The first kappa shape index (κ1) is 21.1. The summed E-state index contributed by atoms with van der Waals surface area (Å²) in [5, 5.41) is 15.1. The Morgan fingerprint density at radius 3 is 1.50 bits per heavy atom. The third-order valence-electron chi connectivity index (χ3n) is 3.60. The van der Waals surface area contributed by atoms with E-state index in [2.05, 4.69) is 9.97 Å². The third kappa shape index (κ3) is 4.56. The summed E-state index contributed by atoms with van der Waals surface area (Å²) in [6, 6.07) is 14.7. The Kier molecular flexibility index (Phi) is 7.25.